The topological polar surface area (TPSA) is 37.3 Å². The zero-order valence-corrected chi connectivity index (χ0v) is 49.2. The van der Waals surface area contributed by atoms with Crippen LogP contribution >= 0.6 is 99.4 Å². The van der Waals surface area contributed by atoms with Gasteiger partial charge in [0.2, 0.25) is 0 Å². The second-order valence-electron chi connectivity index (χ2n) is 17.4. The van der Waals surface area contributed by atoms with Crippen LogP contribution in [-0.2, 0) is 4.79 Å². The van der Waals surface area contributed by atoms with Crippen LogP contribution in [0.3, 0.4) is 0 Å². The molecule has 352 valence electrons. The Balaban J connectivity index is 0.000000304. The molecule has 0 radical (unpaired) electrons. The maximum absolute atomic E-state index is 10.6. The zero-order valence-electron chi connectivity index (χ0n) is 38.2. The number of carboxylic acid groups (broad SMARTS) is 1. The number of aliphatic carboxylic acids is 1. The van der Waals surface area contributed by atoms with Crippen molar-refractivity contribution in [3.8, 4) is 19.5 Å². The number of thiophene rings is 4. The van der Waals surface area contributed by atoms with Crippen molar-refractivity contribution in [1.82, 2.24) is 0 Å². The largest absolute Gasteiger partial charge is 0.490 e. The summed E-state index contributed by atoms with van der Waals surface area (Å²) >= 11 is 27.9. The van der Waals surface area contributed by atoms with Gasteiger partial charge in [0.25, 0.3) is 6.69 Å². The number of fused-ring (bicyclic) bond motifs is 3. The van der Waals surface area contributed by atoms with E-state index < -0.39 is 35.0 Å². The van der Waals surface area contributed by atoms with E-state index in [1.807, 2.05) is 45.3 Å². The molecule has 1 aliphatic heterocycles. The van der Waals surface area contributed by atoms with E-state index in [1.54, 1.807) is 24.6 Å². The fourth-order valence-electron chi connectivity index (χ4n) is 7.52. The van der Waals surface area contributed by atoms with Gasteiger partial charge in [0.05, 0.1) is 17.8 Å². The molecule has 1 aliphatic rings. The van der Waals surface area contributed by atoms with Crippen molar-refractivity contribution in [2.75, 3.05) is 0 Å². The smallest absolute Gasteiger partial charge is 0.475 e. The molecule has 16 heteroatoms. The molecule has 0 saturated carbocycles. The van der Waals surface area contributed by atoms with Crippen molar-refractivity contribution in [2.45, 2.75) is 187 Å². The van der Waals surface area contributed by atoms with Gasteiger partial charge < -0.3 is 5.11 Å². The van der Waals surface area contributed by atoms with Gasteiger partial charge in [-0.25, -0.2) is 4.79 Å². The van der Waals surface area contributed by atoms with Crippen LogP contribution in [0.2, 0.25) is 43.8 Å². The lowest BCUT2D eigenvalue weighted by Gasteiger charge is -2.29. The van der Waals surface area contributed by atoms with Crippen molar-refractivity contribution in [2.24, 2.45) is 0 Å². The van der Waals surface area contributed by atoms with E-state index >= 15 is 0 Å². The van der Waals surface area contributed by atoms with Gasteiger partial charge in [0, 0.05) is 23.6 Å². The summed E-state index contributed by atoms with van der Waals surface area (Å²) in [7, 11) is -2.66. The van der Waals surface area contributed by atoms with Gasteiger partial charge in [0.15, 0.2) is 0 Å². The van der Waals surface area contributed by atoms with Gasteiger partial charge in [-0.2, -0.15) is 13.2 Å². The highest BCUT2D eigenvalue weighted by molar-refractivity contribution is 9.11. The molecule has 0 atom stereocenters. The van der Waals surface area contributed by atoms with E-state index in [1.165, 1.54) is 138 Å². The van der Waals surface area contributed by atoms with Crippen LogP contribution in [0.15, 0.2) is 44.0 Å². The predicted molar refractivity (Wildman–Crippen MR) is 290 cm³/mol. The number of aryl methyl sites for hydroxylation is 1. The first kappa shape index (κ1) is 58.4. The quantitative estimate of drug-likeness (QED) is 0.0484. The third-order valence-corrected chi connectivity index (χ3v) is 30.8. The molecule has 1 N–H and O–H groups in total. The molecule has 4 aromatic heterocycles. The van der Waals surface area contributed by atoms with Crippen LogP contribution in [0.5, 0.6) is 0 Å². The first-order chi connectivity index (χ1) is 29.2. The van der Waals surface area contributed by atoms with Crippen LogP contribution in [0.4, 0.5) is 13.2 Å². The molecule has 0 amide bonds. The number of carboxylic acids is 1. The van der Waals surface area contributed by atoms with Crippen molar-refractivity contribution >= 4 is 143 Å². The summed E-state index contributed by atoms with van der Waals surface area (Å²) in [6.45, 7) is 16.6. The second kappa shape index (κ2) is 29.2. The third kappa shape index (κ3) is 19.5. The molecule has 0 aliphatic carbocycles. The Labute approximate surface area is 417 Å². The molecule has 0 fully saturated rings. The average Bonchev–Trinajstić information content (AvgIpc) is 4.03. The number of carbonyl (C=O) groups is 1. The molecule has 62 heavy (non-hydrogen) atoms. The Kier molecular flexibility index (Phi) is 27.5. The first-order valence-electron chi connectivity index (χ1n) is 22.6. The summed E-state index contributed by atoms with van der Waals surface area (Å²) in [6.07, 6.45) is 16.5. The highest BCUT2D eigenvalue weighted by Crippen LogP contribution is 2.43. The van der Waals surface area contributed by atoms with Crippen LogP contribution in [0, 0.1) is 6.92 Å². The van der Waals surface area contributed by atoms with Crippen LogP contribution in [-0.4, -0.2) is 40.1 Å². The van der Waals surface area contributed by atoms with Gasteiger partial charge in [-0.15, -0.1) is 67.5 Å². The lowest BCUT2D eigenvalue weighted by molar-refractivity contribution is -0.192. The van der Waals surface area contributed by atoms with Crippen molar-refractivity contribution in [3.63, 3.8) is 0 Å². The minimum Gasteiger partial charge on any atom is -0.475 e. The maximum atomic E-state index is 10.6. The van der Waals surface area contributed by atoms with E-state index in [9.17, 15) is 13.2 Å². The van der Waals surface area contributed by atoms with Crippen molar-refractivity contribution < 1.29 is 23.1 Å². The summed E-state index contributed by atoms with van der Waals surface area (Å²) < 4.78 is 35.7. The molecular formula is C46H71Br2Cl2F3O2S4Si3. The Hall–Kier alpha value is 0.251. The minimum absolute atomic E-state index is 1.10. The Morgan fingerprint density at radius 1 is 0.661 bits per heavy atom. The summed E-state index contributed by atoms with van der Waals surface area (Å²) in [5, 5.41) is 15.4. The Morgan fingerprint density at radius 3 is 1.39 bits per heavy atom. The third-order valence-electron chi connectivity index (χ3n) is 11.0. The number of unbranched alkanes of at least 4 members (excludes halogenated alkanes) is 12. The normalized spacial score (nSPS) is 13.0. The number of hydrogen-bond donors (Lipinski definition) is 1. The lowest BCUT2D eigenvalue weighted by atomic mass is 10.2. The fraction of sp³-hybridized carbons (Fsp3) is 0.630. The highest BCUT2D eigenvalue weighted by Gasteiger charge is 2.46. The molecule has 2 nitrogen and oxygen atoms in total. The summed E-state index contributed by atoms with van der Waals surface area (Å²) in [4.78, 5) is 16.3. The van der Waals surface area contributed by atoms with E-state index in [4.69, 9.17) is 32.1 Å². The van der Waals surface area contributed by atoms with E-state index in [0.717, 1.165) is 12.1 Å². The number of hydrogen-bond acceptors (Lipinski definition) is 5. The molecule has 0 spiro atoms. The Morgan fingerprint density at radius 2 is 1.05 bits per heavy atom. The summed E-state index contributed by atoms with van der Waals surface area (Å²) in [5.74, 6) is -2.76. The van der Waals surface area contributed by atoms with Crippen molar-refractivity contribution in [3.05, 3.63) is 48.8 Å². The standard InChI is InChI=1S/C20H30S2Si.C12H14Br2S2Si.C12H26Cl2Si.C2HF3O2/c1-3-5-7-9-15-23(16-10-8-6-4-2)17-11-13-21-19(17)20-18(23)12-14-22-20;1-7-5-8(13)11(15-7)12-9(14)6-10(16-12)17(2,3)4;1-3-5-7-9-11-15(13,14)12-10-8-6-4-2;3-2(4,5)1(6)7/h11-14H,3-10,15-16H2,1-2H3;5-6H,1-4H3;3-12H2,1-2H3;(H,6,7). The van der Waals surface area contributed by atoms with E-state index in [2.05, 4.69) is 121 Å². The fourth-order valence-corrected chi connectivity index (χ4v) is 26.1. The summed E-state index contributed by atoms with van der Waals surface area (Å²) in [6, 6.07) is 14.7. The molecule has 0 aromatic carbocycles. The first-order valence-corrected chi connectivity index (χ1v) is 37.9. The second-order valence-corrected chi connectivity index (χ2v) is 40.5. The van der Waals surface area contributed by atoms with Crippen molar-refractivity contribution in [1.29, 1.82) is 0 Å². The number of alkyl halides is 3. The van der Waals surface area contributed by atoms with Gasteiger partial charge in [-0.1, -0.05) is 162 Å². The van der Waals surface area contributed by atoms with E-state index in [-0.39, 0.29) is 0 Å². The lowest BCUT2D eigenvalue weighted by Crippen LogP contribution is -2.54. The van der Waals surface area contributed by atoms with E-state index in [0.29, 0.717) is 0 Å². The monoisotopic (exact) mass is 1150 g/mol. The summed E-state index contributed by atoms with van der Waals surface area (Å²) in [5.41, 5.74) is 0. The maximum Gasteiger partial charge on any atom is 0.490 e. The molecule has 4 aromatic rings. The highest BCUT2D eigenvalue weighted by atomic mass is 79.9. The molecule has 5 heterocycles. The molecule has 0 saturated heterocycles. The predicted octanol–water partition coefficient (Wildman–Crippen LogP) is 19.1. The van der Waals surface area contributed by atoms with Crippen LogP contribution in [0.1, 0.15) is 135 Å². The van der Waals surface area contributed by atoms with Crippen LogP contribution < -0.4 is 14.9 Å². The zero-order chi connectivity index (χ0) is 46.6. The van der Waals surface area contributed by atoms with Gasteiger partial charge in [-0.3, -0.25) is 0 Å². The SMILES string of the molecule is CCCCCC[Si](Cl)(Cl)CCCCCC.CCCCCC[Si]1(CCCCCC)c2ccsc2-c2sccc21.Cc1cc(Br)c(-c2sc([Si](C)(C)C)cc2Br)s1.O=C(O)C(F)(F)F. The Bertz CT molecular complexity index is 1800. The minimum atomic E-state index is -5.08. The average molecular weight is 1160 g/mol. The van der Waals surface area contributed by atoms with Crippen LogP contribution in [0.25, 0.3) is 19.5 Å². The van der Waals surface area contributed by atoms with Gasteiger partial charge in [0.1, 0.15) is 8.07 Å². The van der Waals surface area contributed by atoms with Gasteiger partial charge >= 0.3 is 12.1 Å². The molecule has 5 rings (SSSR count). The molecule has 0 unspecified atom stereocenters. The number of rotatable bonds is 22. The molecular weight excluding hydrogens is 1080 g/mol. The number of halogens is 7. The van der Waals surface area contributed by atoms with Gasteiger partial charge in [-0.05, 0) is 101 Å². The molecule has 0 bridgehead atoms.